The van der Waals surface area contributed by atoms with Gasteiger partial charge in [0.15, 0.2) is 5.82 Å². The fourth-order valence-corrected chi connectivity index (χ4v) is 3.11. The van der Waals surface area contributed by atoms with E-state index in [4.69, 9.17) is 15.2 Å². The number of carbonyl (C=O) groups is 1. The maximum Gasteiger partial charge on any atom is 0.307 e. The molecule has 0 spiro atoms. The summed E-state index contributed by atoms with van der Waals surface area (Å²) in [6.45, 7) is 0.212. The van der Waals surface area contributed by atoms with Gasteiger partial charge in [-0.15, -0.1) is 0 Å². The lowest BCUT2D eigenvalue weighted by molar-refractivity contribution is -0.150. The Bertz CT molecular complexity index is 909. The fourth-order valence-electron chi connectivity index (χ4n) is 3.11. The number of anilines is 1. The smallest absolute Gasteiger partial charge is 0.307 e. The number of nitrogen functional groups attached to an aromatic ring is 1. The Morgan fingerprint density at radius 3 is 2.93 bits per heavy atom. The third kappa shape index (κ3) is 3.38. The second-order valence-corrected chi connectivity index (χ2v) is 6.84. The van der Waals surface area contributed by atoms with E-state index in [0.29, 0.717) is 12.1 Å². The Kier molecular flexibility index (Phi) is 5.48. The zero-order chi connectivity index (χ0) is 20.5. The molecule has 0 aromatic carbocycles. The van der Waals surface area contributed by atoms with E-state index in [1.165, 1.54) is 16.9 Å². The number of hydrogen-bond acceptors (Lipinski definition) is 10. The Hall–Kier alpha value is -2.78. The van der Waals surface area contributed by atoms with E-state index in [-0.39, 0.29) is 24.5 Å². The van der Waals surface area contributed by atoms with Gasteiger partial charge >= 0.3 is 5.97 Å². The number of rotatable bonds is 6. The predicted molar refractivity (Wildman–Crippen MR) is 95.7 cm³/mol. The SMILES string of the molecule is CN(C)CCC(=O)OC[C@H]1O[C@@](C#N)(c2ccc3c(N)ncnn23)[C@H](O)[C@@H]1O. The molecule has 2 aromatic rings. The van der Waals surface area contributed by atoms with Crippen LogP contribution >= 0.6 is 0 Å². The molecule has 11 heteroatoms. The first-order valence-corrected chi connectivity index (χ1v) is 8.64. The van der Waals surface area contributed by atoms with Gasteiger partial charge < -0.3 is 30.3 Å². The van der Waals surface area contributed by atoms with Gasteiger partial charge in [0.25, 0.3) is 0 Å². The molecule has 1 saturated heterocycles. The van der Waals surface area contributed by atoms with E-state index in [0.717, 1.165) is 0 Å². The average Bonchev–Trinajstić information content (AvgIpc) is 3.21. The molecule has 4 atom stereocenters. The molecule has 28 heavy (non-hydrogen) atoms. The van der Waals surface area contributed by atoms with Crippen molar-refractivity contribution in [2.75, 3.05) is 33.0 Å². The van der Waals surface area contributed by atoms with E-state index >= 15 is 0 Å². The van der Waals surface area contributed by atoms with Gasteiger partial charge in [-0.2, -0.15) is 10.4 Å². The maximum atomic E-state index is 11.8. The monoisotopic (exact) mass is 390 g/mol. The van der Waals surface area contributed by atoms with E-state index in [1.54, 1.807) is 6.07 Å². The van der Waals surface area contributed by atoms with Gasteiger partial charge in [0.05, 0.1) is 12.1 Å². The summed E-state index contributed by atoms with van der Waals surface area (Å²) < 4.78 is 12.2. The molecule has 3 heterocycles. The van der Waals surface area contributed by atoms with E-state index in [1.807, 2.05) is 25.1 Å². The highest BCUT2D eigenvalue weighted by atomic mass is 16.6. The fraction of sp³-hybridized carbons (Fsp3) is 0.529. The zero-order valence-corrected chi connectivity index (χ0v) is 15.5. The highest BCUT2D eigenvalue weighted by Crippen LogP contribution is 2.40. The van der Waals surface area contributed by atoms with Crippen molar-refractivity contribution in [1.29, 1.82) is 5.26 Å². The van der Waals surface area contributed by atoms with Crippen molar-refractivity contribution >= 4 is 17.3 Å². The van der Waals surface area contributed by atoms with Crippen molar-refractivity contribution in [2.24, 2.45) is 0 Å². The maximum absolute atomic E-state index is 11.8. The van der Waals surface area contributed by atoms with Gasteiger partial charge in [-0.25, -0.2) is 9.50 Å². The van der Waals surface area contributed by atoms with E-state index in [9.17, 15) is 20.3 Å². The van der Waals surface area contributed by atoms with Crippen LogP contribution in [0, 0.1) is 11.3 Å². The van der Waals surface area contributed by atoms with Crippen molar-refractivity contribution in [3.63, 3.8) is 0 Å². The number of ether oxygens (including phenoxy) is 2. The van der Waals surface area contributed by atoms with Crippen molar-refractivity contribution in [3.05, 3.63) is 24.2 Å². The van der Waals surface area contributed by atoms with E-state index < -0.39 is 29.9 Å². The van der Waals surface area contributed by atoms with Crippen LogP contribution in [0.3, 0.4) is 0 Å². The number of carbonyl (C=O) groups excluding carboxylic acids is 1. The minimum Gasteiger partial charge on any atom is -0.463 e. The third-order valence-electron chi connectivity index (χ3n) is 4.66. The summed E-state index contributed by atoms with van der Waals surface area (Å²) in [6, 6.07) is 5.03. The second kappa shape index (κ2) is 7.69. The summed E-state index contributed by atoms with van der Waals surface area (Å²) in [4.78, 5) is 17.5. The van der Waals surface area contributed by atoms with Crippen LogP contribution in [0.15, 0.2) is 18.5 Å². The molecule has 11 nitrogen and oxygen atoms in total. The molecular formula is C17H22N6O5. The Balaban J connectivity index is 1.82. The summed E-state index contributed by atoms with van der Waals surface area (Å²) in [6.07, 6.45) is -2.73. The first-order valence-electron chi connectivity index (χ1n) is 8.64. The number of aromatic nitrogens is 3. The highest BCUT2D eigenvalue weighted by molar-refractivity contribution is 5.69. The minimum atomic E-state index is -1.91. The van der Waals surface area contributed by atoms with Crippen LogP contribution < -0.4 is 5.73 Å². The first-order chi connectivity index (χ1) is 13.3. The summed E-state index contributed by atoms with van der Waals surface area (Å²) in [5.74, 6) is -0.282. The number of aliphatic hydroxyl groups excluding tert-OH is 2. The average molecular weight is 390 g/mol. The molecule has 3 rings (SSSR count). The normalized spacial score (nSPS) is 27.2. The molecule has 1 fully saturated rings. The second-order valence-electron chi connectivity index (χ2n) is 6.84. The largest absolute Gasteiger partial charge is 0.463 e. The number of hydrogen-bond donors (Lipinski definition) is 3. The molecule has 0 radical (unpaired) electrons. The van der Waals surface area contributed by atoms with Gasteiger partial charge in [0, 0.05) is 6.54 Å². The van der Waals surface area contributed by atoms with Crippen LogP contribution in [0.2, 0.25) is 0 Å². The van der Waals surface area contributed by atoms with Crippen LogP contribution in [0.1, 0.15) is 12.1 Å². The van der Waals surface area contributed by atoms with Gasteiger partial charge in [0.2, 0.25) is 5.60 Å². The summed E-state index contributed by atoms with van der Waals surface area (Å²) in [5.41, 5.74) is 4.51. The number of esters is 1. The Morgan fingerprint density at radius 2 is 2.25 bits per heavy atom. The molecule has 2 aromatic heterocycles. The van der Waals surface area contributed by atoms with E-state index in [2.05, 4.69) is 10.1 Å². The molecule has 0 bridgehead atoms. The zero-order valence-electron chi connectivity index (χ0n) is 15.5. The van der Waals surface area contributed by atoms with Crippen molar-refractivity contribution in [1.82, 2.24) is 19.5 Å². The first kappa shape index (κ1) is 20.0. The Labute approximate surface area is 160 Å². The molecule has 1 aliphatic rings. The van der Waals surface area contributed by atoms with Crippen LogP contribution in [-0.4, -0.2) is 81.2 Å². The van der Waals surface area contributed by atoms with Crippen LogP contribution in [0.4, 0.5) is 5.82 Å². The molecule has 0 aliphatic carbocycles. The molecule has 1 aliphatic heterocycles. The Morgan fingerprint density at radius 1 is 1.50 bits per heavy atom. The van der Waals surface area contributed by atoms with Crippen LogP contribution in [-0.2, 0) is 19.9 Å². The predicted octanol–water partition coefficient (Wildman–Crippen LogP) is -1.35. The van der Waals surface area contributed by atoms with Crippen molar-refractivity contribution in [2.45, 2.75) is 30.3 Å². The molecule has 0 amide bonds. The topological polar surface area (TPSA) is 159 Å². The molecule has 0 saturated carbocycles. The molecule has 4 N–H and O–H groups in total. The number of nitriles is 1. The van der Waals surface area contributed by atoms with Crippen LogP contribution in [0.25, 0.3) is 5.52 Å². The van der Waals surface area contributed by atoms with Gasteiger partial charge in [-0.1, -0.05) is 0 Å². The number of nitrogens with zero attached hydrogens (tertiary/aromatic N) is 5. The molecule has 150 valence electrons. The lowest BCUT2D eigenvalue weighted by atomic mass is 9.92. The van der Waals surface area contributed by atoms with Crippen molar-refractivity contribution in [3.8, 4) is 6.07 Å². The van der Waals surface area contributed by atoms with Gasteiger partial charge in [-0.3, -0.25) is 4.79 Å². The van der Waals surface area contributed by atoms with Crippen LogP contribution in [0.5, 0.6) is 0 Å². The lowest BCUT2D eigenvalue weighted by Gasteiger charge is -2.24. The molecule has 0 unspecified atom stereocenters. The third-order valence-corrected chi connectivity index (χ3v) is 4.66. The quantitative estimate of drug-likeness (QED) is 0.503. The number of fused-ring (bicyclic) bond motifs is 1. The minimum absolute atomic E-state index is 0.168. The summed E-state index contributed by atoms with van der Waals surface area (Å²) in [5, 5.41) is 34.8. The number of nitrogens with two attached hydrogens (primary N) is 1. The summed E-state index contributed by atoms with van der Waals surface area (Å²) in [7, 11) is 3.65. The molecular weight excluding hydrogens is 368 g/mol. The van der Waals surface area contributed by atoms with Gasteiger partial charge in [-0.05, 0) is 26.2 Å². The van der Waals surface area contributed by atoms with Gasteiger partial charge in [0.1, 0.15) is 42.8 Å². The lowest BCUT2D eigenvalue weighted by Crippen LogP contribution is -2.41. The number of aliphatic hydroxyl groups is 2. The van der Waals surface area contributed by atoms with Crippen molar-refractivity contribution < 1.29 is 24.5 Å². The summed E-state index contributed by atoms with van der Waals surface area (Å²) >= 11 is 0. The highest BCUT2D eigenvalue weighted by Gasteiger charge is 2.57. The standard InChI is InChI=1S/C17H22N6O5/c1-22(2)6-5-13(24)27-7-11-14(25)15(26)17(8-18,28-11)12-4-3-10-16(19)20-9-21-23(10)12/h3-4,9,11,14-15,25-26H,5-7H2,1-2H3,(H2,19,20,21)/t11-,14-,15-,17+/m1/s1.